The van der Waals surface area contributed by atoms with E-state index in [1.165, 1.54) is 11.1 Å². The van der Waals surface area contributed by atoms with E-state index in [0.717, 1.165) is 25.1 Å². The number of nitrogens with zero attached hydrogens (tertiary/aromatic N) is 1. The summed E-state index contributed by atoms with van der Waals surface area (Å²) >= 11 is 0. The number of hydrogen-bond donors (Lipinski definition) is 1. The molecule has 0 spiro atoms. The van der Waals surface area contributed by atoms with Gasteiger partial charge in [0.05, 0.1) is 6.54 Å². The van der Waals surface area contributed by atoms with Gasteiger partial charge in [-0.1, -0.05) is 25.1 Å². The molecule has 2 unspecified atom stereocenters. The third-order valence-corrected chi connectivity index (χ3v) is 3.77. The first-order valence-electron chi connectivity index (χ1n) is 6.92. The van der Waals surface area contributed by atoms with Gasteiger partial charge in [-0.05, 0) is 29.7 Å². The topological polar surface area (TPSA) is 40.2 Å². The molecule has 0 saturated carbocycles. The van der Waals surface area contributed by atoms with Crippen LogP contribution in [-0.4, -0.2) is 10.7 Å². The number of fused-ring (bicyclic) bond motifs is 1. The van der Waals surface area contributed by atoms with E-state index < -0.39 is 0 Å². The highest BCUT2D eigenvalue weighted by Gasteiger charge is 2.22. The molecular formula is C16H20N2O. The Morgan fingerprint density at radius 3 is 3.00 bits per heavy atom. The standard InChI is InChI=1S/C16H20N2O/c1-2-15(17)13-7-8-18(10-13)11-14-9-12-5-3-4-6-16(12)19-14/h3-8,10,14-15H,2,9,11,17H2,1H3. The summed E-state index contributed by atoms with van der Waals surface area (Å²) in [5.74, 6) is 1.03. The van der Waals surface area contributed by atoms with Gasteiger partial charge in [0, 0.05) is 24.9 Å². The van der Waals surface area contributed by atoms with Crippen LogP contribution in [0.2, 0.25) is 0 Å². The second-order valence-corrected chi connectivity index (χ2v) is 5.21. The Bertz CT molecular complexity index is 536. The molecule has 3 heteroatoms. The maximum atomic E-state index is 6.04. The van der Waals surface area contributed by atoms with Crippen LogP contribution in [0.5, 0.6) is 5.75 Å². The van der Waals surface area contributed by atoms with Crippen LogP contribution in [0.3, 0.4) is 0 Å². The SMILES string of the molecule is CCC(N)c1ccn(CC2Cc3ccccc3O2)c1. The summed E-state index contributed by atoms with van der Waals surface area (Å²) in [6, 6.07) is 10.5. The highest BCUT2D eigenvalue weighted by atomic mass is 16.5. The molecular weight excluding hydrogens is 236 g/mol. The number of rotatable bonds is 4. The maximum absolute atomic E-state index is 6.04. The Kier molecular flexibility index (Phi) is 3.30. The first-order chi connectivity index (χ1) is 9.26. The third-order valence-electron chi connectivity index (χ3n) is 3.77. The summed E-state index contributed by atoms with van der Waals surface area (Å²) in [6.07, 6.45) is 6.42. The fraction of sp³-hybridized carbons (Fsp3) is 0.375. The molecule has 19 heavy (non-hydrogen) atoms. The van der Waals surface area contributed by atoms with Crippen LogP contribution in [0.25, 0.3) is 0 Å². The van der Waals surface area contributed by atoms with Crippen molar-refractivity contribution in [3.05, 3.63) is 53.9 Å². The van der Waals surface area contributed by atoms with Crippen LogP contribution in [0, 0.1) is 0 Å². The van der Waals surface area contributed by atoms with Gasteiger partial charge in [0.15, 0.2) is 0 Å². The van der Waals surface area contributed by atoms with Gasteiger partial charge in [-0.2, -0.15) is 0 Å². The molecule has 1 aromatic carbocycles. The lowest BCUT2D eigenvalue weighted by Gasteiger charge is -2.12. The molecule has 2 atom stereocenters. The molecule has 1 aliphatic heterocycles. The van der Waals surface area contributed by atoms with Crippen molar-refractivity contribution in [1.82, 2.24) is 4.57 Å². The van der Waals surface area contributed by atoms with Crippen LogP contribution < -0.4 is 10.5 Å². The van der Waals surface area contributed by atoms with E-state index in [9.17, 15) is 0 Å². The molecule has 2 aromatic rings. The molecule has 0 saturated heterocycles. The Balaban J connectivity index is 1.66. The Morgan fingerprint density at radius 1 is 1.37 bits per heavy atom. The van der Waals surface area contributed by atoms with Crippen LogP contribution in [-0.2, 0) is 13.0 Å². The molecule has 100 valence electrons. The molecule has 1 aromatic heterocycles. The zero-order chi connectivity index (χ0) is 13.2. The molecule has 0 aliphatic carbocycles. The van der Waals surface area contributed by atoms with Crippen molar-refractivity contribution in [3.8, 4) is 5.75 Å². The van der Waals surface area contributed by atoms with Gasteiger partial charge in [0.1, 0.15) is 11.9 Å². The average molecular weight is 256 g/mol. The quantitative estimate of drug-likeness (QED) is 0.913. The minimum Gasteiger partial charge on any atom is -0.488 e. The zero-order valence-electron chi connectivity index (χ0n) is 11.3. The van der Waals surface area contributed by atoms with Crippen molar-refractivity contribution in [2.75, 3.05) is 0 Å². The molecule has 3 nitrogen and oxygen atoms in total. The summed E-state index contributed by atoms with van der Waals surface area (Å²) in [5.41, 5.74) is 8.56. The van der Waals surface area contributed by atoms with Crippen molar-refractivity contribution < 1.29 is 4.74 Å². The lowest BCUT2D eigenvalue weighted by atomic mass is 10.1. The Hall–Kier alpha value is -1.74. The number of benzene rings is 1. The first-order valence-corrected chi connectivity index (χ1v) is 6.92. The van der Waals surface area contributed by atoms with Crippen LogP contribution >= 0.6 is 0 Å². The van der Waals surface area contributed by atoms with Gasteiger partial charge in [0.25, 0.3) is 0 Å². The van der Waals surface area contributed by atoms with Gasteiger partial charge >= 0.3 is 0 Å². The molecule has 0 amide bonds. The summed E-state index contributed by atoms with van der Waals surface area (Å²) in [7, 11) is 0. The number of hydrogen-bond acceptors (Lipinski definition) is 2. The lowest BCUT2D eigenvalue weighted by Crippen LogP contribution is -2.20. The largest absolute Gasteiger partial charge is 0.488 e. The smallest absolute Gasteiger partial charge is 0.123 e. The Morgan fingerprint density at radius 2 is 2.21 bits per heavy atom. The molecule has 1 aliphatic rings. The zero-order valence-corrected chi connectivity index (χ0v) is 11.3. The molecule has 0 radical (unpaired) electrons. The fourth-order valence-corrected chi connectivity index (χ4v) is 2.62. The van der Waals surface area contributed by atoms with Gasteiger partial charge in [0.2, 0.25) is 0 Å². The summed E-state index contributed by atoms with van der Waals surface area (Å²) < 4.78 is 8.14. The van der Waals surface area contributed by atoms with Crippen LogP contribution in [0.15, 0.2) is 42.7 Å². The van der Waals surface area contributed by atoms with E-state index in [1.54, 1.807) is 0 Å². The van der Waals surface area contributed by atoms with Crippen LogP contribution in [0.4, 0.5) is 0 Å². The van der Waals surface area contributed by atoms with Crippen molar-refractivity contribution in [1.29, 1.82) is 0 Å². The summed E-state index contributed by atoms with van der Waals surface area (Å²) in [4.78, 5) is 0. The molecule has 2 N–H and O–H groups in total. The molecule has 3 rings (SSSR count). The van der Waals surface area contributed by atoms with Crippen molar-refractivity contribution in [2.24, 2.45) is 5.73 Å². The van der Waals surface area contributed by atoms with E-state index in [1.807, 2.05) is 12.1 Å². The second-order valence-electron chi connectivity index (χ2n) is 5.21. The van der Waals surface area contributed by atoms with E-state index in [0.29, 0.717) is 0 Å². The number of aromatic nitrogens is 1. The summed E-state index contributed by atoms with van der Waals surface area (Å²) in [6.45, 7) is 2.99. The van der Waals surface area contributed by atoms with Crippen LogP contribution in [0.1, 0.15) is 30.5 Å². The fourth-order valence-electron chi connectivity index (χ4n) is 2.62. The van der Waals surface area contributed by atoms with Crippen molar-refractivity contribution in [2.45, 2.75) is 38.5 Å². The predicted molar refractivity (Wildman–Crippen MR) is 76.2 cm³/mol. The minimum absolute atomic E-state index is 0.142. The third kappa shape index (κ3) is 2.51. The van der Waals surface area contributed by atoms with Gasteiger partial charge < -0.3 is 15.0 Å². The highest BCUT2D eigenvalue weighted by molar-refractivity contribution is 5.37. The number of para-hydroxylation sites is 1. The van der Waals surface area contributed by atoms with E-state index in [-0.39, 0.29) is 12.1 Å². The van der Waals surface area contributed by atoms with E-state index in [2.05, 4.69) is 42.1 Å². The monoisotopic (exact) mass is 256 g/mol. The molecule has 2 heterocycles. The number of nitrogens with two attached hydrogens (primary N) is 1. The molecule has 0 fully saturated rings. The van der Waals surface area contributed by atoms with Crippen molar-refractivity contribution >= 4 is 0 Å². The highest BCUT2D eigenvalue weighted by Crippen LogP contribution is 2.29. The van der Waals surface area contributed by atoms with Gasteiger partial charge in [-0.15, -0.1) is 0 Å². The Labute approximate surface area is 114 Å². The predicted octanol–water partition coefficient (Wildman–Crippen LogP) is 2.90. The number of ether oxygens (including phenoxy) is 1. The summed E-state index contributed by atoms with van der Waals surface area (Å²) in [5, 5.41) is 0. The van der Waals surface area contributed by atoms with Gasteiger partial charge in [-0.3, -0.25) is 0 Å². The lowest BCUT2D eigenvalue weighted by molar-refractivity contribution is 0.209. The second kappa shape index (κ2) is 5.10. The van der Waals surface area contributed by atoms with E-state index >= 15 is 0 Å². The van der Waals surface area contributed by atoms with E-state index in [4.69, 9.17) is 10.5 Å². The average Bonchev–Trinajstić information content (AvgIpc) is 3.04. The normalized spacial score (nSPS) is 18.9. The maximum Gasteiger partial charge on any atom is 0.123 e. The minimum atomic E-state index is 0.142. The first kappa shape index (κ1) is 12.3. The van der Waals surface area contributed by atoms with Gasteiger partial charge in [-0.25, -0.2) is 0 Å². The van der Waals surface area contributed by atoms with Crippen molar-refractivity contribution in [3.63, 3.8) is 0 Å². The molecule has 0 bridgehead atoms.